The summed E-state index contributed by atoms with van der Waals surface area (Å²) < 4.78 is 0. The molecule has 2 rings (SSSR count). The summed E-state index contributed by atoms with van der Waals surface area (Å²) in [6, 6.07) is 13.2. The van der Waals surface area contributed by atoms with E-state index in [9.17, 15) is 24.0 Å². The second-order valence-corrected chi connectivity index (χ2v) is 6.85. The number of ketones is 4. The first-order valence-corrected chi connectivity index (χ1v) is 9.57. The van der Waals surface area contributed by atoms with Gasteiger partial charge in [-0.05, 0) is 19.4 Å². The Hall–Kier alpha value is -3.25. The maximum Gasteiger partial charge on any atom is 0.163 e. The molecule has 0 atom stereocenters. The lowest BCUT2D eigenvalue weighted by Crippen LogP contribution is -2.02. The number of aliphatic hydroxyl groups excluding tert-OH is 1. The monoisotopic (exact) mass is 410 g/mol. The molecule has 6 nitrogen and oxygen atoms in total. The van der Waals surface area contributed by atoms with Gasteiger partial charge in [0.2, 0.25) is 0 Å². The van der Waals surface area contributed by atoms with E-state index in [0.29, 0.717) is 23.1 Å². The van der Waals surface area contributed by atoms with Gasteiger partial charge in [-0.15, -0.1) is 0 Å². The fraction of sp³-hybridized carbons (Fsp3) is 0.292. The number of rotatable bonds is 10. The third-order valence-electron chi connectivity index (χ3n) is 4.24. The summed E-state index contributed by atoms with van der Waals surface area (Å²) in [7, 11) is 0. The number of hydrogen-bond acceptors (Lipinski definition) is 6. The normalized spacial score (nSPS) is 9.83. The zero-order chi connectivity index (χ0) is 22.5. The van der Waals surface area contributed by atoms with Crippen molar-refractivity contribution in [1.82, 2.24) is 0 Å². The third-order valence-corrected chi connectivity index (χ3v) is 4.24. The molecule has 0 aliphatic heterocycles. The molecule has 0 unspecified atom stereocenters. The lowest BCUT2D eigenvalue weighted by Gasteiger charge is -2.00. The van der Waals surface area contributed by atoms with E-state index in [0.717, 1.165) is 11.8 Å². The van der Waals surface area contributed by atoms with Crippen LogP contribution < -0.4 is 0 Å². The molecular weight excluding hydrogens is 384 g/mol. The molecule has 2 aromatic rings. The van der Waals surface area contributed by atoms with Crippen molar-refractivity contribution in [2.24, 2.45) is 0 Å². The average Bonchev–Trinajstić information content (AvgIpc) is 2.76. The average molecular weight is 410 g/mol. The molecule has 0 heterocycles. The first-order chi connectivity index (χ1) is 14.3. The van der Waals surface area contributed by atoms with Crippen molar-refractivity contribution in [2.75, 3.05) is 0 Å². The van der Waals surface area contributed by atoms with Gasteiger partial charge >= 0.3 is 0 Å². The SMILES string of the molecule is CC(=O)CCC(=O)c1ccc(C=O)cc1.CC(=O)CCC(=O)c1ccc(CO)cc1. The van der Waals surface area contributed by atoms with Crippen LogP contribution in [0.4, 0.5) is 0 Å². The van der Waals surface area contributed by atoms with Crippen molar-refractivity contribution in [3.05, 3.63) is 70.8 Å². The van der Waals surface area contributed by atoms with Gasteiger partial charge in [-0.1, -0.05) is 48.5 Å². The fourth-order valence-electron chi connectivity index (χ4n) is 2.41. The molecule has 6 heteroatoms. The standard InChI is InChI=1S/C12H14O3.C12H12O3/c2*1-9(14)2-7-12(15)11-5-3-10(8-13)4-6-11/h3-6,13H,2,7-8H2,1H3;3-6,8H,2,7H2,1H3. The van der Waals surface area contributed by atoms with Gasteiger partial charge in [0.15, 0.2) is 11.6 Å². The highest BCUT2D eigenvalue weighted by Gasteiger charge is 2.07. The Kier molecular flexibility index (Phi) is 10.8. The van der Waals surface area contributed by atoms with E-state index < -0.39 is 0 Å². The quantitative estimate of drug-likeness (QED) is 0.472. The topological polar surface area (TPSA) is 106 Å². The zero-order valence-corrected chi connectivity index (χ0v) is 17.2. The number of carbonyl (C=O) groups excluding carboxylic acids is 5. The summed E-state index contributed by atoms with van der Waals surface area (Å²) in [6.45, 7) is 2.91. The second kappa shape index (κ2) is 13.1. The summed E-state index contributed by atoms with van der Waals surface area (Å²) in [6.07, 6.45) is 1.78. The number of aldehydes is 1. The molecule has 0 aromatic heterocycles. The number of aliphatic hydroxyl groups is 1. The molecule has 0 aliphatic carbocycles. The van der Waals surface area contributed by atoms with E-state index >= 15 is 0 Å². The van der Waals surface area contributed by atoms with E-state index in [2.05, 4.69) is 0 Å². The Labute approximate surface area is 175 Å². The maximum absolute atomic E-state index is 11.5. The molecule has 0 radical (unpaired) electrons. The van der Waals surface area contributed by atoms with Crippen molar-refractivity contribution >= 4 is 29.4 Å². The van der Waals surface area contributed by atoms with Crippen LogP contribution >= 0.6 is 0 Å². The van der Waals surface area contributed by atoms with Crippen LogP contribution in [0.25, 0.3) is 0 Å². The minimum absolute atomic E-state index is 0.00728. The van der Waals surface area contributed by atoms with E-state index in [1.54, 1.807) is 48.5 Å². The molecule has 2 aromatic carbocycles. The lowest BCUT2D eigenvalue weighted by atomic mass is 10.0. The molecular formula is C24H26O6. The van der Waals surface area contributed by atoms with Gasteiger partial charge in [0.1, 0.15) is 17.9 Å². The molecule has 0 amide bonds. The summed E-state index contributed by atoms with van der Waals surface area (Å²) >= 11 is 0. The van der Waals surface area contributed by atoms with Crippen molar-refractivity contribution in [3.8, 4) is 0 Å². The predicted octanol–water partition coefficient (Wildman–Crippen LogP) is 3.78. The summed E-state index contributed by atoms with van der Waals surface area (Å²) in [4.78, 5) is 54.8. The van der Waals surface area contributed by atoms with Crippen LogP contribution in [0.3, 0.4) is 0 Å². The van der Waals surface area contributed by atoms with Crippen LogP contribution in [-0.2, 0) is 16.2 Å². The largest absolute Gasteiger partial charge is 0.392 e. The first kappa shape index (κ1) is 24.8. The van der Waals surface area contributed by atoms with Gasteiger partial charge in [0.25, 0.3) is 0 Å². The number of benzene rings is 2. The molecule has 1 N–H and O–H groups in total. The van der Waals surface area contributed by atoms with Crippen LogP contribution in [0.2, 0.25) is 0 Å². The third kappa shape index (κ3) is 9.30. The molecule has 0 bridgehead atoms. The van der Waals surface area contributed by atoms with Gasteiger partial charge in [-0.2, -0.15) is 0 Å². The van der Waals surface area contributed by atoms with Gasteiger partial charge in [-0.3, -0.25) is 14.4 Å². The summed E-state index contributed by atoms with van der Waals surface area (Å²) in [5.41, 5.74) is 2.45. The minimum atomic E-state index is -0.0670. The molecule has 0 saturated heterocycles. The number of hydrogen-bond donors (Lipinski definition) is 1. The van der Waals surface area contributed by atoms with E-state index in [1.165, 1.54) is 13.8 Å². The van der Waals surface area contributed by atoms with Crippen molar-refractivity contribution in [1.29, 1.82) is 0 Å². The fourth-order valence-corrected chi connectivity index (χ4v) is 2.41. The summed E-state index contributed by atoms with van der Waals surface area (Å²) in [5, 5.41) is 8.81. The number of Topliss-reactive ketones (excluding diaryl/α,β-unsaturated/α-hetero) is 4. The predicted molar refractivity (Wildman–Crippen MR) is 113 cm³/mol. The van der Waals surface area contributed by atoms with Gasteiger partial charge in [0, 0.05) is 42.4 Å². The van der Waals surface area contributed by atoms with Gasteiger partial charge < -0.3 is 14.7 Å². The smallest absolute Gasteiger partial charge is 0.163 e. The Morgan fingerprint density at radius 2 is 1.10 bits per heavy atom. The Morgan fingerprint density at radius 3 is 1.43 bits per heavy atom. The van der Waals surface area contributed by atoms with Gasteiger partial charge in [-0.25, -0.2) is 0 Å². The number of carbonyl (C=O) groups is 5. The molecule has 0 aliphatic rings. The summed E-state index contributed by atoms with van der Waals surface area (Å²) in [5.74, 6) is -0.0690. The minimum Gasteiger partial charge on any atom is -0.392 e. The highest BCUT2D eigenvalue weighted by Crippen LogP contribution is 2.09. The van der Waals surface area contributed by atoms with E-state index in [-0.39, 0.29) is 49.0 Å². The highest BCUT2D eigenvalue weighted by molar-refractivity contribution is 5.98. The Bertz CT molecular complexity index is 879. The van der Waals surface area contributed by atoms with Crippen LogP contribution in [0, 0.1) is 0 Å². The molecule has 0 spiro atoms. The van der Waals surface area contributed by atoms with Crippen LogP contribution in [0.1, 0.15) is 76.2 Å². The second-order valence-electron chi connectivity index (χ2n) is 6.85. The van der Waals surface area contributed by atoms with Gasteiger partial charge in [0.05, 0.1) is 6.61 Å². The molecule has 30 heavy (non-hydrogen) atoms. The van der Waals surface area contributed by atoms with Crippen molar-refractivity contribution in [2.45, 2.75) is 46.1 Å². The van der Waals surface area contributed by atoms with E-state index in [4.69, 9.17) is 5.11 Å². The van der Waals surface area contributed by atoms with Crippen molar-refractivity contribution in [3.63, 3.8) is 0 Å². The molecule has 0 fully saturated rings. The first-order valence-electron chi connectivity index (χ1n) is 9.57. The lowest BCUT2D eigenvalue weighted by molar-refractivity contribution is -0.117. The van der Waals surface area contributed by atoms with Crippen molar-refractivity contribution < 1.29 is 29.1 Å². The van der Waals surface area contributed by atoms with Crippen LogP contribution in [-0.4, -0.2) is 34.5 Å². The van der Waals surface area contributed by atoms with E-state index in [1.807, 2.05) is 0 Å². The molecule has 158 valence electrons. The molecule has 0 saturated carbocycles. The highest BCUT2D eigenvalue weighted by atomic mass is 16.3. The van der Waals surface area contributed by atoms with Crippen LogP contribution in [0.5, 0.6) is 0 Å². The van der Waals surface area contributed by atoms with Crippen LogP contribution in [0.15, 0.2) is 48.5 Å². The zero-order valence-electron chi connectivity index (χ0n) is 17.2. The maximum atomic E-state index is 11.5. The Morgan fingerprint density at radius 1 is 0.700 bits per heavy atom. The Balaban J connectivity index is 0.000000300.